The molecule has 0 unspecified atom stereocenters. The molecule has 1 aromatic heterocycles. The molecule has 1 N–H and O–H groups in total. The molecule has 2 aromatic carbocycles. The third-order valence-electron chi connectivity index (χ3n) is 5.07. The molecule has 0 fully saturated rings. The Morgan fingerprint density at radius 3 is 2.62 bits per heavy atom. The summed E-state index contributed by atoms with van der Waals surface area (Å²) in [7, 11) is 0. The molecule has 0 saturated heterocycles. The van der Waals surface area contributed by atoms with E-state index in [1.54, 1.807) is 15.6 Å². The molecular formula is C22H21ClN4O2. The van der Waals surface area contributed by atoms with Gasteiger partial charge in [-0.15, -0.1) is 0 Å². The number of nitrogens with zero attached hydrogens (tertiary/aromatic N) is 3. The van der Waals surface area contributed by atoms with Crippen molar-refractivity contribution in [2.24, 2.45) is 0 Å². The largest absolute Gasteiger partial charge is 0.344 e. The first kappa shape index (κ1) is 19.2. The molecule has 4 rings (SSSR count). The van der Waals surface area contributed by atoms with Gasteiger partial charge < -0.3 is 10.2 Å². The van der Waals surface area contributed by atoms with Gasteiger partial charge in [-0.3, -0.25) is 14.3 Å². The zero-order valence-electron chi connectivity index (χ0n) is 16.0. The van der Waals surface area contributed by atoms with Gasteiger partial charge in [-0.25, -0.2) is 0 Å². The van der Waals surface area contributed by atoms with Crippen LogP contribution in [0.4, 0.5) is 0 Å². The molecule has 0 saturated carbocycles. The van der Waals surface area contributed by atoms with E-state index in [9.17, 15) is 9.59 Å². The van der Waals surface area contributed by atoms with Crippen LogP contribution < -0.4 is 5.32 Å². The molecule has 0 bridgehead atoms. The lowest BCUT2D eigenvalue weighted by Gasteiger charge is -2.27. The summed E-state index contributed by atoms with van der Waals surface area (Å²) in [6.07, 6.45) is 0. The smallest absolute Gasteiger partial charge is 0.272 e. The van der Waals surface area contributed by atoms with Crippen LogP contribution in [0.15, 0.2) is 60.7 Å². The van der Waals surface area contributed by atoms with E-state index in [1.165, 1.54) is 0 Å². The van der Waals surface area contributed by atoms with E-state index in [0.29, 0.717) is 30.4 Å². The highest BCUT2D eigenvalue weighted by atomic mass is 35.5. The van der Waals surface area contributed by atoms with Crippen molar-refractivity contribution in [3.05, 3.63) is 88.2 Å². The number of halogens is 1. The predicted molar refractivity (Wildman–Crippen MR) is 111 cm³/mol. The molecule has 0 spiro atoms. The average molecular weight is 409 g/mol. The zero-order chi connectivity index (χ0) is 20.4. The van der Waals surface area contributed by atoms with Gasteiger partial charge in [0.15, 0.2) is 5.69 Å². The fourth-order valence-electron chi connectivity index (χ4n) is 3.43. The third kappa shape index (κ3) is 4.03. The van der Waals surface area contributed by atoms with Gasteiger partial charge in [0.1, 0.15) is 5.69 Å². The monoisotopic (exact) mass is 408 g/mol. The summed E-state index contributed by atoms with van der Waals surface area (Å²) in [5, 5.41) is 7.91. The Morgan fingerprint density at radius 2 is 1.86 bits per heavy atom. The first-order chi connectivity index (χ1) is 14.0. The lowest BCUT2D eigenvalue weighted by Crippen LogP contribution is -2.39. The minimum atomic E-state index is -0.297. The van der Waals surface area contributed by atoms with E-state index in [0.717, 1.165) is 11.1 Å². The average Bonchev–Trinajstić information content (AvgIpc) is 3.18. The number of hydrogen-bond donors (Lipinski definition) is 1. The normalized spacial score (nSPS) is 14.4. The molecule has 0 radical (unpaired) electrons. The van der Waals surface area contributed by atoms with Gasteiger partial charge >= 0.3 is 0 Å². The van der Waals surface area contributed by atoms with Gasteiger partial charge in [0.05, 0.1) is 12.6 Å². The van der Waals surface area contributed by atoms with E-state index in [4.69, 9.17) is 11.6 Å². The molecule has 2 heterocycles. The number of rotatable bonds is 5. The van der Waals surface area contributed by atoms with E-state index in [2.05, 4.69) is 10.4 Å². The van der Waals surface area contributed by atoms with Crippen molar-refractivity contribution >= 4 is 23.4 Å². The van der Waals surface area contributed by atoms with Gasteiger partial charge in [0.2, 0.25) is 0 Å². The molecule has 3 aromatic rings. The van der Waals surface area contributed by atoms with Crippen LogP contribution in [0.1, 0.15) is 45.1 Å². The van der Waals surface area contributed by atoms with Crippen molar-refractivity contribution in [3.63, 3.8) is 0 Å². The predicted octanol–water partition coefficient (Wildman–Crippen LogP) is 3.68. The lowest BCUT2D eigenvalue weighted by molar-refractivity contribution is 0.0683. The van der Waals surface area contributed by atoms with Gasteiger partial charge in [0.25, 0.3) is 11.8 Å². The fraction of sp³-hybridized carbons (Fsp3) is 0.227. The van der Waals surface area contributed by atoms with Crippen molar-refractivity contribution in [1.82, 2.24) is 20.0 Å². The maximum atomic E-state index is 12.9. The van der Waals surface area contributed by atoms with Crippen molar-refractivity contribution in [3.8, 4) is 0 Å². The maximum absolute atomic E-state index is 12.9. The van der Waals surface area contributed by atoms with Gasteiger partial charge in [-0.05, 0) is 24.1 Å². The second kappa shape index (κ2) is 8.09. The molecule has 148 valence electrons. The minimum absolute atomic E-state index is 0.154. The molecule has 1 aliphatic rings. The Hall–Kier alpha value is -3.12. The van der Waals surface area contributed by atoms with Gasteiger partial charge in [0, 0.05) is 24.2 Å². The first-order valence-electron chi connectivity index (χ1n) is 9.49. The topological polar surface area (TPSA) is 67.2 Å². The summed E-state index contributed by atoms with van der Waals surface area (Å²) in [6.45, 7) is 3.39. The van der Waals surface area contributed by atoms with Crippen LogP contribution >= 0.6 is 11.6 Å². The zero-order valence-corrected chi connectivity index (χ0v) is 16.8. The molecule has 6 nitrogen and oxygen atoms in total. The molecular weight excluding hydrogens is 388 g/mol. The quantitative estimate of drug-likeness (QED) is 0.700. The number of carbonyl (C=O) groups excluding carboxylic acids is 2. The van der Waals surface area contributed by atoms with E-state index in [1.807, 2.05) is 61.5 Å². The Morgan fingerprint density at radius 1 is 1.14 bits per heavy atom. The summed E-state index contributed by atoms with van der Waals surface area (Å²) in [6, 6.07) is 18.6. The molecule has 1 aliphatic heterocycles. The van der Waals surface area contributed by atoms with Crippen LogP contribution in [0, 0.1) is 0 Å². The first-order valence-corrected chi connectivity index (χ1v) is 9.87. The molecule has 29 heavy (non-hydrogen) atoms. The molecule has 1 atom stereocenters. The lowest BCUT2D eigenvalue weighted by atomic mass is 10.1. The van der Waals surface area contributed by atoms with Crippen molar-refractivity contribution in [1.29, 1.82) is 0 Å². The Kier molecular flexibility index (Phi) is 5.36. The number of benzene rings is 2. The fourth-order valence-corrected chi connectivity index (χ4v) is 3.62. The summed E-state index contributed by atoms with van der Waals surface area (Å²) >= 11 is 6.23. The number of amides is 2. The summed E-state index contributed by atoms with van der Waals surface area (Å²) in [4.78, 5) is 27.3. The van der Waals surface area contributed by atoms with Crippen LogP contribution in [0.25, 0.3) is 0 Å². The molecule has 7 heteroatoms. The van der Waals surface area contributed by atoms with Crippen LogP contribution in [0.3, 0.4) is 0 Å². The molecule has 0 aliphatic carbocycles. The summed E-state index contributed by atoms with van der Waals surface area (Å²) in [5.74, 6) is -0.451. The molecule has 2 amide bonds. The van der Waals surface area contributed by atoms with Crippen LogP contribution in [-0.4, -0.2) is 33.0 Å². The van der Waals surface area contributed by atoms with Gasteiger partial charge in [-0.2, -0.15) is 5.10 Å². The van der Waals surface area contributed by atoms with Gasteiger partial charge in [-0.1, -0.05) is 60.1 Å². The van der Waals surface area contributed by atoms with Crippen molar-refractivity contribution < 1.29 is 9.59 Å². The van der Waals surface area contributed by atoms with E-state index < -0.39 is 0 Å². The van der Waals surface area contributed by atoms with E-state index >= 15 is 0 Å². The van der Waals surface area contributed by atoms with Crippen molar-refractivity contribution in [2.45, 2.75) is 26.1 Å². The highest BCUT2D eigenvalue weighted by molar-refractivity contribution is 6.31. The minimum Gasteiger partial charge on any atom is -0.344 e. The van der Waals surface area contributed by atoms with Crippen LogP contribution in [0.5, 0.6) is 0 Å². The number of nitrogens with one attached hydrogen (secondary N) is 1. The standard InChI is InChI=1S/C22H21ClN4O2/c1-15(16-7-3-2-4-8-16)24-21(28)19-13-20-22(29)26(11-12-27(20)25-19)14-17-9-5-6-10-18(17)23/h2-10,13,15H,11-12,14H2,1H3,(H,24,28)/t15-/m0/s1. The maximum Gasteiger partial charge on any atom is 0.272 e. The highest BCUT2D eigenvalue weighted by Crippen LogP contribution is 2.21. The second-order valence-electron chi connectivity index (χ2n) is 7.06. The van der Waals surface area contributed by atoms with Crippen molar-refractivity contribution in [2.75, 3.05) is 6.54 Å². The number of aromatic nitrogens is 2. The van der Waals surface area contributed by atoms with Crippen LogP contribution in [0.2, 0.25) is 5.02 Å². The Labute approximate surface area is 174 Å². The number of fused-ring (bicyclic) bond motifs is 1. The summed E-state index contributed by atoms with van der Waals surface area (Å²) in [5.41, 5.74) is 2.56. The third-order valence-corrected chi connectivity index (χ3v) is 5.44. The SMILES string of the molecule is C[C@H](NC(=O)c1cc2n(n1)CCN(Cc1ccccc1Cl)C2=O)c1ccccc1. The number of hydrogen-bond acceptors (Lipinski definition) is 3. The second-order valence-corrected chi connectivity index (χ2v) is 7.47. The number of carbonyl (C=O) groups is 2. The highest BCUT2D eigenvalue weighted by Gasteiger charge is 2.28. The Bertz CT molecular complexity index is 1050. The summed E-state index contributed by atoms with van der Waals surface area (Å²) < 4.78 is 1.60. The Balaban J connectivity index is 1.48. The van der Waals surface area contributed by atoms with Crippen LogP contribution in [-0.2, 0) is 13.1 Å². The van der Waals surface area contributed by atoms with E-state index in [-0.39, 0.29) is 23.6 Å².